The van der Waals surface area contributed by atoms with Crippen molar-refractivity contribution in [2.45, 2.75) is 163 Å². The first-order valence-corrected chi connectivity index (χ1v) is 29.2. The molecule has 2 aromatic carbocycles. The highest BCUT2D eigenvalue weighted by molar-refractivity contribution is 6.78. The lowest BCUT2D eigenvalue weighted by Gasteiger charge is -2.42. The molecule has 1 unspecified atom stereocenters. The summed E-state index contributed by atoms with van der Waals surface area (Å²) >= 11 is 0. The number of hydrazine groups is 1. The molecular formula is C58H84N8O7Si. The van der Waals surface area contributed by atoms with E-state index in [0.29, 0.717) is 38.1 Å². The zero-order valence-corrected chi connectivity index (χ0v) is 47.9. The van der Waals surface area contributed by atoms with E-state index >= 15 is 4.79 Å². The molecule has 2 fully saturated rings. The summed E-state index contributed by atoms with van der Waals surface area (Å²) in [6, 6.07) is 11.8. The molecule has 0 spiro atoms. The first kappa shape index (κ1) is 56.2. The van der Waals surface area contributed by atoms with Gasteiger partial charge in [-0.25, -0.2) is 5.43 Å². The van der Waals surface area contributed by atoms with E-state index < -0.39 is 55.5 Å². The highest BCUT2D eigenvalue weighted by atomic mass is 28.4. The van der Waals surface area contributed by atoms with E-state index in [4.69, 9.17) is 9.16 Å². The van der Waals surface area contributed by atoms with E-state index in [1.54, 1.807) is 14.1 Å². The quantitative estimate of drug-likeness (QED) is 0.0673. The fourth-order valence-corrected chi connectivity index (χ4v) is 17.3. The highest BCUT2D eigenvalue weighted by Crippen LogP contribution is 2.45. The van der Waals surface area contributed by atoms with Crippen molar-refractivity contribution in [3.8, 4) is 28.1 Å². The molecular weight excluding hydrogens is 949 g/mol. The Morgan fingerprint density at radius 1 is 0.959 bits per heavy atom. The van der Waals surface area contributed by atoms with Crippen molar-refractivity contribution in [2.24, 2.45) is 11.3 Å². The summed E-state index contributed by atoms with van der Waals surface area (Å²) in [5.74, 6) is -1.56. The minimum atomic E-state index is -2.53. The summed E-state index contributed by atoms with van der Waals surface area (Å²) in [5.41, 5.74) is 11.8. The molecule has 5 heterocycles. The van der Waals surface area contributed by atoms with Gasteiger partial charge >= 0.3 is 5.97 Å². The van der Waals surface area contributed by atoms with Gasteiger partial charge in [0, 0.05) is 74.4 Å². The first-order valence-electron chi connectivity index (χ1n) is 27.1. The largest absolute Gasteiger partial charge is 0.543 e. The van der Waals surface area contributed by atoms with Gasteiger partial charge < -0.3 is 28.8 Å². The molecule has 2 N–H and O–H groups in total. The molecule has 0 saturated carbocycles. The summed E-state index contributed by atoms with van der Waals surface area (Å²) < 4.78 is 16.1. The molecule has 2 saturated heterocycles. The number of ether oxygens (including phenoxy) is 1. The zero-order valence-electron chi connectivity index (χ0n) is 46.9. The van der Waals surface area contributed by atoms with Crippen LogP contribution >= 0.6 is 0 Å². The van der Waals surface area contributed by atoms with Crippen molar-refractivity contribution in [3.05, 3.63) is 71.5 Å². The standard InChI is InChI=1S/C58H84N8O7Si/c1-16-40-22-23-59-31-46(40)53-45-30-58(11,12)34-72-57(71)47-19-18-24-66(61-47)55(69)48(60-54(68)52(35(3)4)64(15)51(67)33-63(14)56(70)50-32-62(50)13)27-39-25-42(41-20-21-49(44(45)29-41)65(53)17-2)28-43(26-39)73-74(36(5)6,37(7)8)38(9)10/h20-23,25-26,28-29,31,35-38,47-48,50,52,61H,16-19,24,27,30,32-34H2,1-15H3,(H,60,68)/t47-,48-,50+,52-,62?/m0/s1. The van der Waals surface area contributed by atoms with Crippen LogP contribution in [0.3, 0.4) is 0 Å². The summed E-state index contributed by atoms with van der Waals surface area (Å²) in [4.78, 5) is 80.4. The Balaban J connectivity index is 1.40. The number of aromatic nitrogens is 2. The maximum Gasteiger partial charge on any atom is 0.324 e. The molecule has 0 radical (unpaired) electrons. The van der Waals surface area contributed by atoms with Crippen molar-refractivity contribution >= 4 is 48.8 Å². The Bertz CT molecular complexity index is 2710. The molecule has 3 aliphatic rings. The second kappa shape index (κ2) is 22.7. The lowest BCUT2D eigenvalue weighted by molar-refractivity contribution is -0.155. The number of aryl methyl sites for hydroxylation is 2. The molecule has 74 heavy (non-hydrogen) atoms. The number of fused-ring (bicyclic) bond motifs is 6. The third-order valence-electron chi connectivity index (χ3n) is 16.0. The van der Waals surface area contributed by atoms with Crippen LogP contribution in [0.5, 0.6) is 5.75 Å². The summed E-state index contributed by atoms with van der Waals surface area (Å²) in [6.07, 6.45) is 6.34. The van der Waals surface area contributed by atoms with Gasteiger partial charge in [-0.2, -0.15) is 0 Å². The van der Waals surface area contributed by atoms with Crippen LogP contribution in [-0.2, 0) is 54.5 Å². The van der Waals surface area contributed by atoms with E-state index in [0.717, 1.165) is 57.4 Å². The van der Waals surface area contributed by atoms with Crippen LogP contribution in [0, 0.1) is 11.3 Å². The van der Waals surface area contributed by atoms with Crippen molar-refractivity contribution in [3.63, 3.8) is 0 Å². The first-order chi connectivity index (χ1) is 34.9. The minimum absolute atomic E-state index is 0.0785. The van der Waals surface area contributed by atoms with Gasteiger partial charge in [0.15, 0.2) is 0 Å². The lowest BCUT2D eigenvalue weighted by atomic mass is 9.84. The average molecular weight is 1030 g/mol. The molecule has 15 nitrogen and oxygen atoms in total. The van der Waals surface area contributed by atoms with Crippen molar-refractivity contribution in [2.75, 3.05) is 47.4 Å². The van der Waals surface area contributed by atoms with E-state index in [1.165, 1.54) is 20.4 Å². The Morgan fingerprint density at radius 3 is 2.27 bits per heavy atom. The predicted octanol–water partition coefficient (Wildman–Crippen LogP) is 8.41. The average Bonchev–Trinajstić information content (AvgIpc) is 4.02. The Morgan fingerprint density at radius 2 is 1.65 bits per heavy atom. The molecule has 4 aromatic rings. The van der Waals surface area contributed by atoms with Crippen LogP contribution in [0.2, 0.25) is 16.6 Å². The number of esters is 1. The number of carbonyl (C=O) groups is 5. The van der Waals surface area contributed by atoms with Crippen LogP contribution < -0.4 is 15.2 Å². The second-order valence-electron chi connectivity index (χ2n) is 23.3. The van der Waals surface area contributed by atoms with Crippen LogP contribution in [0.1, 0.15) is 113 Å². The highest BCUT2D eigenvalue weighted by Gasteiger charge is 2.47. The maximum atomic E-state index is 15.2. The van der Waals surface area contributed by atoms with Crippen LogP contribution in [0.15, 0.2) is 54.9 Å². The van der Waals surface area contributed by atoms with Crippen LogP contribution in [0.25, 0.3) is 33.3 Å². The number of hydrogen-bond donors (Lipinski definition) is 2. The number of benzene rings is 2. The van der Waals surface area contributed by atoms with E-state index in [1.807, 2.05) is 44.3 Å². The number of rotatable bonds is 15. The predicted molar refractivity (Wildman–Crippen MR) is 295 cm³/mol. The third-order valence-corrected chi connectivity index (χ3v) is 22.0. The van der Waals surface area contributed by atoms with E-state index in [2.05, 4.69) is 126 Å². The fourth-order valence-electron chi connectivity index (χ4n) is 12.0. The van der Waals surface area contributed by atoms with Gasteiger partial charge in [0.2, 0.25) is 17.7 Å². The van der Waals surface area contributed by atoms with Crippen LogP contribution in [0.4, 0.5) is 0 Å². The molecule has 402 valence electrons. The van der Waals surface area contributed by atoms with Gasteiger partial charge in [-0.1, -0.05) is 88.3 Å². The molecule has 7 rings (SSSR count). The normalized spacial score (nSPS) is 20.7. The van der Waals surface area contributed by atoms with Crippen molar-refractivity contribution in [1.82, 2.24) is 40.0 Å². The number of carbonyl (C=O) groups excluding carboxylic acids is 5. The Labute approximate surface area is 441 Å². The van der Waals surface area contributed by atoms with Crippen LogP contribution in [-0.4, -0.2) is 139 Å². The van der Waals surface area contributed by atoms with E-state index in [-0.39, 0.29) is 54.1 Å². The second-order valence-corrected chi connectivity index (χ2v) is 28.7. The SMILES string of the molecule is CCc1ccncc1-c1c2c3cc(ccc3n1CC)-c1cc(cc(O[Si](C(C)C)(C(C)C)C(C)C)c1)C[C@H](NC(=O)[C@H](C(C)C)N(C)C(=O)CN(C)C(=O)[C@H]1CN1C)C(=O)N1CCC[C@H](N1)C(=O)OCC(C)(C)C2. The number of pyridine rings is 1. The van der Waals surface area contributed by atoms with Gasteiger partial charge in [0.05, 0.1) is 18.8 Å². The third kappa shape index (κ3) is 11.6. The van der Waals surface area contributed by atoms with Gasteiger partial charge in [0.1, 0.15) is 29.9 Å². The zero-order chi connectivity index (χ0) is 54.1. The lowest BCUT2D eigenvalue weighted by Crippen LogP contribution is -2.62. The number of nitrogens with one attached hydrogen (secondary N) is 2. The number of hydrogen-bond acceptors (Lipinski definition) is 10. The molecule has 2 aromatic heterocycles. The monoisotopic (exact) mass is 1030 g/mol. The minimum Gasteiger partial charge on any atom is -0.543 e. The Hall–Kier alpha value is -5.58. The summed E-state index contributed by atoms with van der Waals surface area (Å²) in [5, 5.41) is 5.67. The molecule has 3 aliphatic heterocycles. The number of nitrogens with zero attached hydrogens (tertiary/aromatic N) is 6. The fraction of sp³-hybridized carbons (Fsp3) is 0.586. The molecule has 0 aliphatic carbocycles. The molecule has 5 atom stereocenters. The van der Waals surface area contributed by atoms with E-state index in [9.17, 15) is 19.2 Å². The summed E-state index contributed by atoms with van der Waals surface area (Å²) in [7, 11) is 2.50. The van der Waals surface area contributed by atoms with Gasteiger partial charge in [-0.3, -0.25) is 38.9 Å². The number of amides is 4. The maximum absolute atomic E-state index is 15.2. The van der Waals surface area contributed by atoms with Gasteiger partial charge in [-0.15, -0.1) is 0 Å². The molecule has 4 amide bonds. The number of cyclic esters (lactones) is 1. The van der Waals surface area contributed by atoms with Crippen molar-refractivity contribution in [1.29, 1.82) is 0 Å². The smallest absolute Gasteiger partial charge is 0.324 e. The van der Waals surface area contributed by atoms with Gasteiger partial charge in [0.25, 0.3) is 14.2 Å². The number of likely N-dealkylation sites (N-methyl/N-ethyl adjacent to an activating group) is 3. The molecule has 6 bridgehead atoms. The molecule has 16 heteroatoms. The topological polar surface area (TPSA) is 158 Å². The van der Waals surface area contributed by atoms with Gasteiger partial charge in [-0.05, 0) is 120 Å². The van der Waals surface area contributed by atoms with Crippen molar-refractivity contribution < 1.29 is 33.1 Å². The Kier molecular flexibility index (Phi) is 17.2. The summed E-state index contributed by atoms with van der Waals surface area (Å²) in [6.45, 7) is 27.5.